The third kappa shape index (κ3) is 1.65. The average Bonchev–Trinajstić information content (AvgIpc) is 2.53. The Morgan fingerprint density at radius 2 is 2.31 bits per heavy atom. The monoisotopic (exact) mass is 257 g/mol. The Balaban J connectivity index is 2.52. The van der Waals surface area contributed by atoms with E-state index in [-0.39, 0.29) is 5.95 Å². The largest absolute Gasteiger partial charge is 0.367 e. The van der Waals surface area contributed by atoms with Crippen LogP contribution in [0.25, 0.3) is 10.7 Å². The Kier molecular flexibility index (Phi) is 2.19. The molecular formula is C6H4BrN5S. The summed E-state index contributed by atoms with van der Waals surface area (Å²) in [6.45, 7) is 0. The van der Waals surface area contributed by atoms with Crippen LogP contribution in [-0.2, 0) is 0 Å². The number of nitrogen functional groups attached to an aromatic ring is 1. The number of nitrogens with two attached hydrogens (primary N) is 1. The molecule has 2 aromatic rings. The van der Waals surface area contributed by atoms with E-state index < -0.39 is 0 Å². The topological polar surface area (TPSA) is 77.6 Å². The average molecular weight is 258 g/mol. The van der Waals surface area contributed by atoms with Crippen molar-refractivity contribution >= 4 is 33.4 Å². The molecule has 2 aromatic heterocycles. The first-order valence-corrected chi connectivity index (χ1v) is 4.89. The van der Waals surface area contributed by atoms with Crippen LogP contribution in [0.2, 0.25) is 0 Å². The van der Waals surface area contributed by atoms with Gasteiger partial charge in [0.2, 0.25) is 5.95 Å². The summed E-state index contributed by atoms with van der Waals surface area (Å²) in [5.74, 6) is 0.269. The zero-order chi connectivity index (χ0) is 9.26. The lowest BCUT2D eigenvalue weighted by Crippen LogP contribution is -1.88. The molecule has 0 spiro atoms. The van der Waals surface area contributed by atoms with Gasteiger partial charge in [-0.05, 0) is 27.5 Å². The lowest BCUT2D eigenvalue weighted by Gasteiger charge is -1.95. The fourth-order valence-electron chi connectivity index (χ4n) is 0.801. The van der Waals surface area contributed by atoms with E-state index in [1.807, 2.05) is 0 Å². The molecule has 7 heteroatoms. The Morgan fingerprint density at radius 1 is 1.46 bits per heavy atom. The highest BCUT2D eigenvalue weighted by Gasteiger charge is 2.08. The highest BCUT2D eigenvalue weighted by Crippen LogP contribution is 2.26. The van der Waals surface area contributed by atoms with Crippen LogP contribution < -0.4 is 5.73 Å². The van der Waals surface area contributed by atoms with E-state index in [4.69, 9.17) is 5.73 Å². The molecule has 0 aliphatic carbocycles. The number of hydrogen-bond donors (Lipinski definition) is 1. The van der Waals surface area contributed by atoms with Crippen molar-refractivity contribution in [1.82, 2.24) is 19.3 Å². The molecular weight excluding hydrogens is 254 g/mol. The predicted octanol–water partition coefficient (Wildman–Crippen LogP) is 1.34. The lowest BCUT2D eigenvalue weighted by atomic mass is 10.4. The van der Waals surface area contributed by atoms with Crippen LogP contribution >= 0.6 is 27.5 Å². The van der Waals surface area contributed by atoms with E-state index in [1.54, 1.807) is 6.20 Å². The van der Waals surface area contributed by atoms with Gasteiger partial charge >= 0.3 is 0 Å². The van der Waals surface area contributed by atoms with Crippen molar-refractivity contribution in [2.24, 2.45) is 0 Å². The second-order valence-electron chi connectivity index (χ2n) is 2.18. The number of aromatic nitrogens is 4. The van der Waals surface area contributed by atoms with E-state index >= 15 is 0 Å². The molecule has 0 amide bonds. The zero-order valence-electron chi connectivity index (χ0n) is 6.31. The van der Waals surface area contributed by atoms with Crippen LogP contribution in [-0.4, -0.2) is 19.3 Å². The minimum atomic E-state index is 0.269. The molecule has 0 bridgehead atoms. The Hall–Kier alpha value is -1.08. The molecule has 0 aromatic carbocycles. The van der Waals surface area contributed by atoms with Crippen LogP contribution in [0.4, 0.5) is 5.95 Å². The van der Waals surface area contributed by atoms with E-state index in [1.165, 1.54) is 17.9 Å². The molecule has 2 rings (SSSR count). The minimum absolute atomic E-state index is 0.269. The summed E-state index contributed by atoms with van der Waals surface area (Å²) in [7, 11) is 0. The molecule has 2 N–H and O–H groups in total. The van der Waals surface area contributed by atoms with Crippen LogP contribution in [0.5, 0.6) is 0 Å². The Bertz CT molecular complexity index is 428. The van der Waals surface area contributed by atoms with Gasteiger partial charge in [0.25, 0.3) is 0 Å². The van der Waals surface area contributed by atoms with Crippen molar-refractivity contribution in [3.63, 3.8) is 0 Å². The second kappa shape index (κ2) is 3.35. The van der Waals surface area contributed by atoms with Gasteiger partial charge in [0.15, 0.2) is 5.01 Å². The molecule has 0 atom stereocenters. The third-order valence-electron chi connectivity index (χ3n) is 1.31. The van der Waals surface area contributed by atoms with E-state index in [2.05, 4.69) is 35.3 Å². The highest BCUT2D eigenvalue weighted by atomic mass is 79.9. The van der Waals surface area contributed by atoms with Gasteiger partial charge in [-0.25, -0.2) is 9.97 Å². The van der Waals surface area contributed by atoms with Gasteiger partial charge in [-0.1, -0.05) is 0 Å². The summed E-state index contributed by atoms with van der Waals surface area (Å²) in [5.41, 5.74) is 6.11. The number of halogens is 1. The molecule has 13 heavy (non-hydrogen) atoms. The van der Waals surface area contributed by atoms with Gasteiger partial charge in [-0.15, -0.1) is 0 Å². The van der Waals surface area contributed by atoms with Gasteiger partial charge in [-0.3, -0.25) is 0 Å². The molecule has 0 unspecified atom stereocenters. The van der Waals surface area contributed by atoms with Gasteiger partial charge in [0.1, 0.15) is 12.0 Å². The number of nitrogens with zero attached hydrogens (tertiary/aromatic N) is 4. The van der Waals surface area contributed by atoms with Crippen LogP contribution in [0.15, 0.2) is 17.0 Å². The van der Waals surface area contributed by atoms with Gasteiger partial charge in [0, 0.05) is 6.20 Å². The first-order valence-electron chi connectivity index (χ1n) is 3.32. The van der Waals surface area contributed by atoms with Gasteiger partial charge in [-0.2, -0.15) is 9.36 Å². The normalized spacial score (nSPS) is 10.2. The Labute approximate surface area is 86.4 Å². The van der Waals surface area contributed by atoms with Crippen LogP contribution in [0, 0.1) is 0 Å². The fourth-order valence-corrected chi connectivity index (χ4v) is 1.94. The minimum Gasteiger partial charge on any atom is -0.367 e. The molecule has 0 saturated carbocycles. The van der Waals surface area contributed by atoms with Crippen molar-refractivity contribution in [1.29, 1.82) is 0 Å². The summed E-state index contributed by atoms with van der Waals surface area (Å²) in [6, 6.07) is 0. The predicted molar refractivity (Wildman–Crippen MR) is 53.0 cm³/mol. The van der Waals surface area contributed by atoms with Crippen molar-refractivity contribution in [2.75, 3.05) is 5.73 Å². The maximum atomic E-state index is 5.40. The molecule has 66 valence electrons. The van der Waals surface area contributed by atoms with E-state index in [9.17, 15) is 0 Å². The summed E-state index contributed by atoms with van der Waals surface area (Å²) in [6.07, 6.45) is 3.11. The second-order valence-corrected chi connectivity index (χ2v) is 3.78. The quantitative estimate of drug-likeness (QED) is 0.835. The molecule has 5 nitrogen and oxygen atoms in total. The zero-order valence-corrected chi connectivity index (χ0v) is 8.71. The maximum Gasteiger partial charge on any atom is 0.232 e. The van der Waals surface area contributed by atoms with Gasteiger partial charge in [0.05, 0.1) is 4.47 Å². The number of hydrogen-bond acceptors (Lipinski definition) is 6. The van der Waals surface area contributed by atoms with E-state index in [0.717, 1.165) is 4.47 Å². The first-order chi connectivity index (χ1) is 6.27. The van der Waals surface area contributed by atoms with Crippen molar-refractivity contribution in [3.05, 3.63) is 17.0 Å². The maximum absolute atomic E-state index is 5.40. The molecule has 0 aliphatic heterocycles. The molecule has 0 aliphatic rings. The Morgan fingerprint density at radius 3 is 2.92 bits per heavy atom. The first kappa shape index (κ1) is 8.52. The van der Waals surface area contributed by atoms with E-state index in [0.29, 0.717) is 10.7 Å². The van der Waals surface area contributed by atoms with Crippen LogP contribution in [0.3, 0.4) is 0 Å². The third-order valence-corrected chi connectivity index (χ3v) is 2.63. The molecule has 0 fully saturated rings. The summed E-state index contributed by atoms with van der Waals surface area (Å²) in [5, 5.41) is 0.687. The molecule has 2 heterocycles. The molecule has 0 radical (unpaired) electrons. The van der Waals surface area contributed by atoms with Crippen LogP contribution in [0.1, 0.15) is 0 Å². The fraction of sp³-hybridized carbons (Fsp3) is 0. The molecule has 0 saturated heterocycles. The lowest BCUT2D eigenvalue weighted by molar-refractivity contribution is 1.15. The van der Waals surface area contributed by atoms with Crippen molar-refractivity contribution in [2.45, 2.75) is 0 Å². The van der Waals surface area contributed by atoms with Crippen molar-refractivity contribution in [3.8, 4) is 10.7 Å². The number of anilines is 1. The number of rotatable bonds is 1. The summed E-state index contributed by atoms with van der Waals surface area (Å²) >= 11 is 4.53. The summed E-state index contributed by atoms with van der Waals surface area (Å²) in [4.78, 5) is 11.9. The SMILES string of the molecule is Nc1nsc(-c2ncncc2Br)n1. The van der Waals surface area contributed by atoms with Crippen molar-refractivity contribution < 1.29 is 0 Å². The standard InChI is InChI=1S/C6H4BrN5S/c7-3-1-9-2-10-4(3)5-11-6(8)12-13-5/h1-2H,(H2,8,12). The summed E-state index contributed by atoms with van der Waals surface area (Å²) < 4.78 is 4.64. The highest BCUT2D eigenvalue weighted by molar-refractivity contribution is 9.10. The smallest absolute Gasteiger partial charge is 0.232 e. The van der Waals surface area contributed by atoms with Gasteiger partial charge < -0.3 is 5.73 Å².